The van der Waals surface area contributed by atoms with Crippen LogP contribution in [0.5, 0.6) is 0 Å². The number of ether oxygens (including phenoxy) is 1. The monoisotopic (exact) mass is 402 g/mol. The zero-order valence-electron chi connectivity index (χ0n) is 15.8. The maximum absolute atomic E-state index is 12.2. The maximum Gasteiger partial charge on any atom is 0.306 e. The van der Waals surface area contributed by atoms with E-state index in [1.165, 1.54) is 16.9 Å². The highest BCUT2D eigenvalue weighted by Crippen LogP contribution is 2.36. The Hall–Kier alpha value is -2.61. The lowest BCUT2D eigenvalue weighted by Crippen LogP contribution is -2.27. The second-order valence-corrected chi connectivity index (χ2v) is 8.17. The van der Waals surface area contributed by atoms with Crippen LogP contribution in [0.25, 0.3) is 10.6 Å². The first kappa shape index (κ1) is 20.1. The van der Waals surface area contributed by atoms with Crippen molar-refractivity contribution < 1.29 is 19.2 Å². The molecule has 0 aliphatic heterocycles. The molecule has 0 spiro atoms. The minimum Gasteiger partial charge on any atom is -0.459 e. The van der Waals surface area contributed by atoms with Gasteiger partial charge in [0.15, 0.2) is 0 Å². The fourth-order valence-corrected chi connectivity index (χ4v) is 4.41. The number of carbonyl (C=O) groups excluding carboxylic acids is 2. The zero-order chi connectivity index (χ0) is 20.3. The van der Waals surface area contributed by atoms with Gasteiger partial charge in [-0.1, -0.05) is 36.8 Å². The molecule has 148 valence electrons. The summed E-state index contributed by atoms with van der Waals surface area (Å²) in [7, 11) is 0. The van der Waals surface area contributed by atoms with Crippen molar-refractivity contribution in [3.05, 3.63) is 51.0 Å². The molecular formula is C20H22N2O5S. The first-order valence-electron chi connectivity index (χ1n) is 9.15. The molecule has 1 aliphatic rings. The van der Waals surface area contributed by atoms with Crippen molar-refractivity contribution in [1.29, 1.82) is 0 Å². The van der Waals surface area contributed by atoms with Gasteiger partial charge in [0.1, 0.15) is 17.4 Å². The molecule has 3 rings (SSSR count). The highest BCUT2D eigenvalue weighted by atomic mass is 32.1. The van der Waals surface area contributed by atoms with Crippen LogP contribution in [-0.4, -0.2) is 28.2 Å². The first-order chi connectivity index (χ1) is 13.3. The Morgan fingerprint density at radius 1 is 1.36 bits per heavy atom. The third-order valence-corrected chi connectivity index (χ3v) is 6.10. The molecule has 7 nitrogen and oxygen atoms in total. The molecule has 1 aromatic carbocycles. The van der Waals surface area contributed by atoms with E-state index in [-0.39, 0.29) is 37.7 Å². The van der Waals surface area contributed by atoms with Gasteiger partial charge in [-0.2, -0.15) is 0 Å². The summed E-state index contributed by atoms with van der Waals surface area (Å²) in [4.78, 5) is 39.3. The van der Waals surface area contributed by atoms with Crippen LogP contribution in [-0.2, 0) is 20.9 Å². The van der Waals surface area contributed by atoms with Gasteiger partial charge in [0, 0.05) is 34.1 Å². The number of nitro groups is 1. The van der Waals surface area contributed by atoms with Crippen molar-refractivity contribution in [3.63, 3.8) is 0 Å². The van der Waals surface area contributed by atoms with E-state index < -0.39 is 22.7 Å². The fraction of sp³-hybridized carbons (Fsp3) is 0.450. The predicted octanol–water partition coefficient (Wildman–Crippen LogP) is 3.67. The van der Waals surface area contributed by atoms with E-state index in [0.29, 0.717) is 5.69 Å². The Bertz CT molecular complexity index is 877. The third kappa shape index (κ3) is 4.81. The van der Waals surface area contributed by atoms with Gasteiger partial charge in [-0.15, -0.1) is 11.3 Å². The smallest absolute Gasteiger partial charge is 0.306 e. The predicted molar refractivity (Wildman–Crippen MR) is 104 cm³/mol. The molecule has 1 saturated carbocycles. The SMILES string of the molecule is Cc1ccc(-c2nc(COC(=O)C[C@H]3C(=O)C[C@@H](C)[C@H]3C[N+](=O)[O-])cs2)cc1. The number of esters is 1. The van der Waals surface area contributed by atoms with E-state index in [1.54, 1.807) is 0 Å². The molecule has 0 radical (unpaired) electrons. The summed E-state index contributed by atoms with van der Waals surface area (Å²) in [6.45, 7) is 3.57. The standard InChI is InChI=1S/C20H22N2O5S/c1-12-3-5-14(6-4-12)20-21-15(11-28-20)10-27-19(24)8-16-17(9-22(25)26)13(2)7-18(16)23/h3-6,11,13,16-17H,7-10H2,1-2H3/t13-,16-,17-/m1/s1. The summed E-state index contributed by atoms with van der Waals surface area (Å²) in [5.74, 6) is -1.75. The van der Waals surface area contributed by atoms with Crippen LogP contribution in [0.15, 0.2) is 29.6 Å². The van der Waals surface area contributed by atoms with Gasteiger partial charge in [0.05, 0.1) is 12.1 Å². The average molecular weight is 402 g/mol. The Morgan fingerprint density at radius 3 is 2.75 bits per heavy atom. The summed E-state index contributed by atoms with van der Waals surface area (Å²) in [5.41, 5.74) is 2.81. The number of hydrogen-bond donors (Lipinski definition) is 0. The van der Waals surface area contributed by atoms with Gasteiger partial charge in [-0.3, -0.25) is 19.7 Å². The molecule has 1 fully saturated rings. The van der Waals surface area contributed by atoms with Crippen LogP contribution < -0.4 is 0 Å². The highest BCUT2D eigenvalue weighted by Gasteiger charge is 2.44. The van der Waals surface area contributed by atoms with Gasteiger partial charge in [0.2, 0.25) is 6.54 Å². The van der Waals surface area contributed by atoms with Gasteiger partial charge in [0.25, 0.3) is 0 Å². The van der Waals surface area contributed by atoms with Crippen molar-refractivity contribution in [2.24, 2.45) is 17.8 Å². The van der Waals surface area contributed by atoms with Crippen molar-refractivity contribution in [2.45, 2.75) is 33.3 Å². The minimum atomic E-state index is -0.633. The normalized spacial score (nSPS) is 21.6. The van der Waals surface area contributed by atoms with Crippen LogP contribution in [0.4, 0.5) is 0 Å². The molecule has 3 atom stereocenters. The van der Waals surface area contributed by atoms with E-state index >= 15 is 0 Å². The number of ketones is 1. The molecule has 0 N–H and O–H groups in total. The van der Waals surface area contributed by atoms with E-state index in [1.807, 2.05) is 43.5 Å². The molecular weight excluding hydrogens is 380 g/mol. The third-order valence-electron chi connectivity index (χ3n) is 5.16. The molecule has 0 bridgehead atoms. The Morgan fingerprint density at radius 2 is 2.07 bits per heavy atom. The summed E-state index contributed by atoms with van der Waals surface area (Å²) in [5, 5.41) is 13.5. The van der Waals surface area contributed by atoms with Crippen LogP contribution in [0.1, 0.15) is 31.0 Å². The molecule has 0 unspecified atom stereocenters. The minimum absolute atomic E-state index is 0.0254. The van der Waals surface area contributed by atoms with Crippen LogP contribution in [0.2, 0.25) is 0 Å². The zero-order valence-corrected chi connectivity index (χ0v) is 16.6. The van der Waals surface area contributed by atoms with Gasteiger partial charge < -0.3 is 4.74 Å². The lowest BCUT2D eigenvalue weighted by atomic mass is 9.88. The largest absolute Gasteiger partial charge is 0.459 e. The Labute approximate surface area is 166 Å². The quantitative estimate of drug-likeness (QED) is 0.398. The molecule has 1 heterocycles. The molecule has 1 aliphatic carbocycles. The first-order valence-corrected chi connectivity index (χ1v) is 10.0. The lowest BCUT2D eigenvalue weighted by Gasteiger charge is -2.16. The summed E-state index contributed by atoms with van der Waals surface area (Å²) >= 11 is 1.47. The van der Waals surface area contributed by atoms with Crippen molar-refractivity contribution >= 4 is 23.1 Å². The molecule has 0 saturated heterocycles. The number of nitrogens with zero attached hydrogens (tertiary/aromatic N) is 2. The van der Waals surface area contributed by atoms with Crippen molar-refractivity contribution in [1.82, 2.24) is 4.98 Å². The second-order valence-electron chi connectivity index (χ2n) is 7.31. The molecule has 2 aromatic rings. The number of thiazole rings is 1. The topological polar surface area (TPSA) is 99.4 Å². The van der Waals surface area contributed by atoms with E-state index in [0.717, 1.165) is 10.6 Å². The number of carbonyl (C=O) groups is 2. The number of hydrogen-bond acceptors (Lipinski definition) is 7. The van der Waals surface area contributed by atoms with Crippen LogP contribution in [0, 0.1) is 34.8 Å². The van der Waals surface area contributed by atoms with Gasteiger partial charge in [-0.05, 0) is 12.8 Å². The Balaban J connectivity index is 1.56. The van der Waals surface area contributed by atoms with E-state index in [2.05, 4.69) is 4.98 Å². The average Bonchev–Trinajstić information content (AvgIpc) is 3.20. The van der Waals surface area contributed by atoms with Crippen LogP contribution in [0.3, 0.4) is 0 Å². The molecule has 28 heavy (non-hydrogen) atoms. The number of Topliss-reactive ketones (excluding diaryl/α,β-unsaturated/α-hetero) is 1. The van der Waals surface area contributed by atoms with Gasteiger partial charge in [-0.25, -0.2) is 4.98 Å². The maximum atomic E-state index is 12.2. The van der Waals surface area contributed by atoms with Crippen molar-refractivity contribution in [3.8, 4) is 10.6 Å². The number of aryl methyl sites for hydroxylation is 1. The van der Waals surface area contributed by atoms with E-state index in [9.17, 15) is 19.7 Å². The molecule has 8 heteroatoms. The number of rotatable bonds is 7. The lowest BCUT2D eigenvalue weighted by molar-refractivity contribution is -0.490. The summed E-state index contributed by atoms with van der Waals surface area (Å²) in [6.07, 6.45) is 0.166. The summed E-state index contributed by atoms with van der Waals surface area (Å²) in [6, 6.07) is 8.01. The van der Waals surface area contributed by atoms with Crippen LogP contribution >= 0.6 is 11.3 Å². The number of aromatic nitrogens is 1. The second kappa shape index (κ2) is 8.60. The van der Waals surface area contributed by atoms with Gasteiger partial charge >= 0.3 is 5.97 Å². The Kier molecular flexibility index (Phi) is 6.18. The molecule has 0 amide bonds. The molecule has 1 aromatic heterocycles. The van der Waals surface area contributed by atoms with E-state index in [4.69, 9.17) is 4.74 Å². The number of benzene rings is 1. The van der Waals surface area contributed by atoms with Crippen molar-refractivity contribution in [2.75, 3.05) is 6.54 Å². The summed E-state index contributed by atoms with van der Waals surface area (Å²) < 4.78 is 5.28. The highest BCUT2D eigenvalue weighted by molar-refractivity contribution is 7.13. The fourth-order valence-electron chi connectivity index (χ4n) is 3.59.